The Morgan fingerprint density at radius 3 is 2.63 bits per heavy atom. The van der Waals surface area contributed by atoms with Gasteiger partial charge in [-0.3, -0.25) is 0 Å². The Kier molecular flexibility index (Phi) is 4.09. The number of aromatic nitrogens is 2. The van der Waals surface area contributed by atoms with Crippen LogP contribution in [0.25, 0.3) is 0 Å². The normalized spacial score (nSPS) is 14.5. The summed E-state index contributed by atoms with van der Waals surface area (Å²) in [7, 11) is 0. The number of halogens is 3. The number of nitrogens with one attached hydrogen (secondary N) is 1. The number of anilines is 2. The zero-order valence-electron chi connectivity index (χ0n) is 9.83. The molecule has 1 aromatic heterocycles. The Labute approximate surface area is 142 Å². The number of hydrogen-bond acceptors (Lipinski definition) is 3. The van der Waals surface area contributed by atoms with Crippen LogP contribution in [0.2, 0.25) is 0 Å². The second-order valence-corrected chi connectivity index (χ2v) is 7.29. The Morgan fingerprint density at radius 2 is 1.95 bits per heavy atom. The first kappa shape index (κ1) is 13.8. The fraction of sp³-hybridized carbons (Fsp3) is 0.231. The van der Waals surface area contributed by atoms with Crippen LogP contribution in [0.15, 0.2) is 33.3 Å². The molecule has 1 saturated carbocycles. The number of rotatable bonds is 3. The van der Waals surface area contributed by atoms with Crippen LogP contribution in [0.4, 0.5) is 11.5 Å². The molecule has 1 aliphatic carbocycles. The van der Waals surface area contributed by atoms with Crippen LogP contribution in [0.1, 0.15) is 24.6 Å². The molecule has 0 radical (unpaired) electrons. The molecule has 0 atom stereocenters. The predicted molar refractivity (Wildman–Crippen MR) is 91.8 cm³/mol. The van der Waals surface area contributed by atoms with Crippen molar-refractivity contribution in [3.63, 3.8) is 0 Å². The van der Waals surface area contributed by atoms with Gasteiger partial charge in [0.25, 0.3) is 0 Å². The van der Waals surface area contributed by atoms with Crippen LogP contribution in [-0.4, -0.2) is 9.97 Å². The molecule has 2 aromatic rings. The van der Waals surface area contributed by atoms with Crippen LogP contribution >= 0.6 is 54.5 Å². The summed E-state index contributed by atoms with van der Waals surface area (Å²) in [5, 5.41) is 3.32. The number of nitrogens with zero attached hydrogens (tertiary/aromatic N) is 2. The highest BCUT2D eigenvalue weighted by Gasteiger charge is 2.27. The lowest BCUT2D eigenvalue weighted by Crippen LogP contribution is -1.99. The van der Waals surface area contributed by atoms with Crippen molar-refractivity contribution in [2.24, 2.45) is 0 Å². The first-order valence-corrected chi connectivity index (χ1v) is 8.55. The van der Waals surface area contributed by atoms with Crippen molar-refractivity contribution >= 4 is 66.0 Å². The molecule has 0 bridgehead atoms. The topological polar surface area (TPSA) is 37.8 Å². The van der Waals surface area contributed by atoms with Crippen molar-refractivity contribution in [2.45, 2.75) is 18.8 Å². The monoisotopic (exact) mass is 493 g/mol. The van der Waals surface area contributed by atoms with Crippen LogP contribution in [0.3, 0.4) is 0 Å². The Morgan fingerprint density at radius 1 is 1.16 bits per heavy atom. The van der Waals surface area contributed by atoms with E-state index in [-0.39, 0.29) is 0 Å². The lowest BCUT2D eigenvalue weighted by atomic mass is 10.3. The molecule has 0 spiro atoms. The minimum absolute atomic E-state index is 0.543. The molecule has 1 heterocycles. The van der Waals surface area contributed by atoms with Gasteiger partial charge in [-0.2, -0.15) is 0 Å². The van der Waals surface area contributed by atoms with E-state index in [9.17, 15) is 0 Å². The van der Waals surface area contributed by atoms with E-state index in [1.807, 2.05) is 12.1 Å². The van der Waals surface area contributed by atoms with Crippen molar-refractivity contribution in [1.82, 2.24) is 9.97 Å². The third kappa shape index (κ3) is 3.46. The van der Waals surface area contributed by atoms with Crippen LogP contribution in [0.5, 0.6) is 0 Å². The van der Waals surface area contributed by atoms with Crippen LogP contribution < -0.4 is 5.32 Å². The molecule has 19 heavy (non-hydrogen) atoms. The minimum atomic E-state index is 0.543. The third-order valence-corrected chi connectivity index (χ3v) is 5.59. The fourth-order valence-corrected chi connectivity index (χ4v) is 2.86. The van der Waals surface area contributed by atoms with Crippen molar-refractivity contribution < 1.29 is 0 Å². The Balaban J connectivity index is 1.87. The average Bonchev–Trinajstić information content (AvgIpc) is 3.17. The summed E-state index contributed by atoms with van der Waals surface area (Å²) >= 11 is 9.27. The van der Waals surface area contributed by atoms with Gasteiger partial charge in [0.05, 0.1) is 0 Å². The number of benzene rings is 1. The molecule has 1 aromatic carbocycles. The summed E-state index contributed by atoms with van der Waals surface area (Å²) in [4.78, 5) is 9.00. The largest absolute Gasteiger partial charge is 0.340 e. The van der Waals surface area contributed by atoms with Gasteiger partial charge in [0.15, 0.2) is 0 Å². The highest BCUT2D eigenvalue weighted by molar-refractivity contribution is 14.1. The highest BCUT2D eigenvalue weighted by Crippen LogP contribution is 2.39. The second kappa shape index (κ2) is 5.65. The fourth-order valence-electron chi connectivity index (χ4n) is 1.75. The van der Waals surface area contributed by atoms with Gasteiger partial charge in [0.2, 0.25) is 0 Å². The molecule has 1 N–H and O–H groups in total. The summed E-state index contributed by atoms with van der Waals surface area (Å²) in [6.07, 6.45) is 2.40. The van der Waals surface area contributed by atoms with Crippen molar-refractivity contribution in [2.75, 3.05) is 5.32 Å². The van der Waals surface area contributed by atoms with E-state index in [0.29, 0.717) is 5.92 Å². The molecule has 0 unspecified atom stereocenters. The van der Waals surface area contributed by atoms with Crippen molar-refractivity contribution in [3.8, 4) is 0 Å². The van der Waals surface area contributed by atoms with E-state index in [1.165, 1.54) is 16.4 Å². The molecule has 3 nitrogen and oxygen atoms in total. The summed E-state index contributed by atoms with van der Waals surface area (Å²) in [6.45, 7) is 0. The standard InChI is InChI=1S/C13H10Br2IN3/c14-9-5-8(3-4-10(9)16)17-12-6-11(15)18-13(19-12)7-1-2-7/h3-7H,1-2H2,(H,17,18,19). The number of hydrogen-bond donors (Lipinski definition) is 1. The maximum atomic E-state index is 4.57. The third-order valence-electron chi connectivity index (χ3n) is 2.85. The summed E-state index contributed by atoms with van der Waals surface area (Å²) < 4.78 is 3.09. The minimum Gasteiger partial charge on any atom is -0.340 e. The zero-order chi connectivity index (χ0) is 13.4. The van der Waals surface area contributed by atoms with Gasteiger partial charge >= 0.3 is 0 Å². The first-order valence-electron chi connectivity index (χ1n) is 5.88. The first-order chi connectivity index (χ1) is 9.11. The Hall–Kier alpha value is -0.210. The zero-order valence-corrected chi connectivity index (χ0v) is 15.2. The molecule has 6 heteroatoms. The predicted octanol–water partition coefficient (Wildman–Crippen LogP) is 5.23. The van der Waals surface area contributed by atoms with Gasteiger partial charge in [-0.15, -0.1) is 0 Å². The highest BCUT2D eigenvalue weighted by atomic mass is 127. The second-order valence-electron chi connectivity index (χ2n) is 4.46. The van der Waals surface area contributed by atoms with Crippen LogP contribution in [-0.2, 0) is 0 Å². The van der Waals surface area contributed by atoms with E-state index in [1.54, 1.807) is 0 Å². The van der Waals surface area contributed by atoms with Gasteiger partial charge < -0.3 is 5.32 Å². The van der Waals surface area contributed by atoms with Gasteiger partial charge in [0, 0.05) is 25.7 Å². The Bertz CT molecular complexity index is 629. The summed E-state index contributed by atoms with van der Waals surface area (Å²) in [5.74, 6) is 2.31. The van der Waals surface area contributed by atoms with E-state index < -0.39 is 0 Å². The average molecular weight is 495 g/mol. The maximum absolute atomic E-state index is 4.57. The lowest BCUT2D eigenvalue weighted by molar-refractivity contribution is 0.919. The molecule has 1 aliphatic rings. The van der Waals surface area contributed by atoms with Gasteiger partial charge in [-0.1, -0.05) is 0 Å². The smallest absolute Gasteiger partial charge is 0.135 e. The molecular formula is C13H10Br2IN3. The van der Waals surface area contributed by atoms with Crippen molar-refractivity contribution in [1.29, 1.82) is 0 Å². The molecule has 0 aliphatic heterocycles. The molecule has 0 amide bonds. The van der Waals surface area contributed by atoms with E-state index in [0.717, 1.165) is 26.4 Å². The molecule has 1 fully saturated rings. The maximum Gasteiger partial charge on any atom is 0.135 e. The molecule has 3 rings (SSSR count). The van der Waals surface area contributed by atoms with Gasteiger partial charge in [-0.05, 0) is 85.5 Å². The SMILES string of the molecule is Brc1cc(Nc2ccc(I)c(Br)c2)nc(C2CC2)n1. The van der Waals surface area contributed by atoms with Crippen molar-refractivity contribution in [3.05, 3.63) is 42.7 Å². The molecule has 98 valence electrons. The van der Waals surface area contributed by atoms with Gasteiger partial charge in [0.1, 0.15) is 16.2 Å². The van der Waals surface area contributed by atoms with Gasteiger partial charge in [-0.25, -0.2) is 9.97 Å². The summed E-state index contributed by atoms with van der Waals surface area (Å²) in [6, 6.07) is 8.05. The van der Waals surface area contributed by atoms with Crippen LogP contribution in [0, 0.1) is 3.57 Å². The molecule has 0 saturated heterocycles. The van der Waals surface area contributed by atoms with E-state index in [4.69, 9.17) is 0 Å². The lowest BCUT2D eigenvalue weighted by Gasteiger charge is -2.08. The van der Waals surface area contributed by atoms with E-state index >= 15 is 0 Å². The summed E-state index contributed by atoms with van der Waals surface area (Å²) in [5.41, 5.74) is 1.01. The quantitative estimate of drug-likeness (QED) is 0.469. The van der Waals surface area contributed by atoms with E-state index in [2.05, 4.69) is 81.9 Å². The molecular weight excluding hydrogens is 485 g/mol.